The second kappa shape index (κ2) is 10.1. The highest BCUT2D eigenvalue weighted by atomic mass is 16.5. The van der Waals surface area contributed by atoms with Gasteiger partial charge in [0.15, 0.2) is 6.61 Å². The molecule has 32 heavy (non-hydrogen) atoms. The Kier molecular flexibility index (Phi) is 6.81. The van der Waals surface area contributed by atoms with Gasteiger partial charge in [-0.3, -0.25) is 4.79 Å². The van der Waals surface area contributed by atoms with Crippen molar-refractivity contribution >= 4 is 28.9 Å². The zero-order valence-electron chi connectivity index (χ0n) is 18.3. The zero-order valence-corrected chi connectivity index (χ0v) is 18.3. The van der Waals surface area contributed by atoms with Crippen molar-refractivity contribution in [1.29, 1.82) is 0 Å². The van der Waals surface area contributed by atoms with E-state index in [1.807, 2.05) is 68.4 Å². The van der Waals surface area contributed by atoms with Gasteiger partial charge in [-0.05, 0) is 55.8 Å². The number of morpholine rings is 1. The molecule has 4 rings (SSSR count). The fraction of sp³-hybridized carbons (Fsp3) is 0.292. The number of carbonyl (C=O) groups is 1. The third-order valence-electron chi connectivity index (χ3n) is 4.96. The summed E-state index contributed by atoms with van der Waals surface area (Å²) in [5, 5.41) is 6.15. The Hall–Kier alpha value is -3.65. The van der Waals surface area contributed by atoms with E-state index in [-0.39, 0.29) is 12.5 Å². The molecule has 1 saturated heterocycles. The van der Waals surface area contributed by atoms with Gasteiger partial charge < -0.3 is 25.0 Å². The number of hydrogen-bond donors (Lipinski definition) is 2. The largest absolute Gasteiger partial charge is 0.484 e. The molecule has 0 bridgehead atoms. The first kappa shape index (κ1) is 21.6. The average molecular weight is 434 g/mol. The quantitative estimate of drug-likeness (QED) is 0.587. The Balaban J connectivity index is 1.33. The first-order chi connectivity index (χ1) is 15.5. The predicted octanol–water partition coefficient (Wildman–Crippen LogP) is 3.69. The van der Waals surface area contributed by atoms with Crippen LogP contribution in [0.2, 0.25) is 0 Å². The molecule has 2 aromatic carbocycles. The molecule has 0 saturated carbocycles. The molecule has 1 aliphatic heterocycles. The van der Waals surface area contributed by atoms with Crippen molar-refractivity contribution in [1.82, 2.24) is 9.97 Å². The normalized spacial score (nSPS) is 13.5. The van der Waals surface area contributed by atoms with Crippen LogP contribution in [0.15, 0.2) is 54.6 Å². The second-order valence-electron chi connectivity index (χ2n) is 7.61. The van der Waals surface area contributed by atoms with E-state index in [0.29, 0.717) is 30.5 Å². The average Bonchev–Trinajstić information content (AvgIpc) is 2.79. The fourth-order valence-corrected chi connectivity index (χ4v) is 3.41. The fourth-order valence-electron chi connectivity index (χ4n) is 3.41. The number of nitrogens with zero attached hydrogens (tertiary/aromatic N) is 3. The van der Waals surface area contributed by atoms with Crippen LogP contribution in [0.3, 0.4) is 0 Å². The molecule has 8 heteroatoms. The lowest BCUT2D eigenvalue weighted by Crippen LogP contribution is -2.36. The van der Waals surface area contributed by atoms with Crippen LogP contribution >= 0.6 is 0 Å². The molecule has 166 valence electrons. The molecular weight excluding hydrogens is 406 g/mol. The van der Waals surface area contributed by atoms with Crippen LogP contribution in [-0.2, 0) is 9.53 Å². The van der Waals surface area contributed by atoms with Gasteiger partial charge in [0.25, 0.3) is 5.91 Å². The zero-order chi connectivity index (χ0) is 22.3. The number of aromatic nitrogens is 2. The van der Waals surface area contributed by atoms with Gasteiger partial charge in [-0.1, -0.05) is 12.1 Å². The third-order valence-corrected chi connectivity index (χ3v) is 4.96. The maximum absolute atomic E-state index is 12.2. The lowest BCUT2D eigenvalue weighted by Gasteiger charge is -2.28. The third kappa shape index (κ3) is 5.95. The van der Waals surface area contributed by atoms with Crippen molar-refractivity contribution in [2.75, 3.05) is 48.4 Å². The number of carbonyl (C=O) groups excluding carboxylic acids is 1. The van der Waals surface area contributed by atoms with Crippen LogP contribution in [0.4, 0.5) is 23.0 Å². The lowest BCUT2D eigenvalue weighted by molar-refractivity contribution is -0.118. The molecule has 2 heterocycles. The van der Waals surface area contributed by atoms with E-state index in [4.69, 9.17) is 9.47 Å². The van der Waals surface area contributed by atoms with Crippen LogP contribution in [0.5, 0.6) is 5.75 Å². The predicted molar refractivity (Wildman–Crippen MR) is 125 cm³/mol. The highest BCUT2D eigenvalue weighted by Crippen LogP contribution is 2.22. The van der Waals surface area contributed by atoms with Crippen LogP contribution in [0.1, 0.15) is 11.4 Å². The van der Waals surface area contributed by atoms with Crippen molar-refractivity contribution in [3.8, 4) is 5.75 Å². The molecule has 1 fully saturated rings. The Morgan fingerprint density at radius 2 is 1.78 bits per heavy atom. The first-order valence-corrected chi connectivity index (χ1v) is 10.6. The van der Waals surface area contributed by atoms with E-state index in [1.165, 1.54) is 0 Å². The lowest BCUT2D eigenvalue weighted by atomic mass is 10.2. The number of anilines is 4. The SMILES string of the molecule is Cc1cccc(OCC(=O)Nc2ccc(Nc3cc(N4CCOCC4)nc(C)n3)cc2)c1. The van der Waals surface area contributed by atoms with Gasteiger partial charge in [0.05, 0.1) is 13.2 Å². The molecule has 3 aromatic rings. The highest BCUT2D eigenvalue weighted by molar-refractivity contribution is 5.92. The summed E-state index contributed by atoms with van der Waals surface area (Å²) in [7, 11) is 0. The van der Waals surface area contributed by atoms with Gasteiger partial charge in [-0.15, -0.1) is 0 Å². The van der Waals surface area contributed by atoms with E-state index < -0.39 is 0 Å². The molecule has 2 N–H and O–H groups in total. The summed E-state index contributed by atoms with van der Waals surface area (Å²) in [5.74, 6) is 2.78. The molecule has 8 nitrogen and oxygen atoms in total. The van der Waals surface area contributed by atoms with Gasteiger partial charge in [0.2, 0.25) is 0 Å². The minimum Gasteiger partial charge on any atom is -0.484 e. The Morgan fingerprint density at radius 3 is 2.53 bits per heavy atom. The van der Waals surface area contributed by atoms with Crippen molar-refractivity contribution in [3.63, 3.8) is 0 Å². The summed E-state index contributed by atoms with van der Waals surface area (Å²) >= 11 is 0. The number of nitrogens with one attached hydrogen (secondary N) is 2. The maximum atomic E-state index is 12.2. The molecule has 1 aliphatic rings. The van der Waals surface area contributed by atoms with Crippen molar-refractivity contribution in [2.24, 2.45) is 0 Å². The molecule has 0 unspecified atom stereocenters. The van der Waals surface area contributed by atoms with Gasteiger partial charge in [0.1, 0.15) is 23.2 Å². The topological polar surface area (TPSA) is 88.6 Å². The minimum absolute atomic E-state index is 0.0476. The minimum atomic E-state index is -0.214. The second-order valence-corrected chi connectivity index (χ2v) is 7.61. The smallest absolute Gasteiger partial charge is 0.262 e. The summed E-state index contributed by atoms with van der Waals surface area (Å²) in [6, 6.07) is 17.0. The van der Waals surface area contributed by atoms with Crippen LogP contribution in [0.25, 0.3) is 0 Å². The molecule has 1 aromatic heterocycles. The number of hydrogen-bond acceptors (Lipinski definition) is 7. The van der Waals surface area contributed by atoms with Gasteiger partial charge >= 0.3 is 0 Å². The molecule has 0 aliphatic carbocycles. The van der Waals surface area contributed by atoms with Crippen molar-refractivity contribution in [3.05, 3.63) is 66.0 Å². The molecular formula is C24H27N5O3. The maximum Gasteiger partial charge on any atom is 0.262 e. The highest BCUT2D eigenvalue weighted by Gasteiger charge is 2.14. The van der Waals surface area contributed by atoms with Gasteiger partial charge in [-0.25, -0.2) is 9.97 Å². The summed E-state index contributed by atoms with van der Waals surface area (Å²) in [6.45, 7) is 6.86. The van der Waals surface area contributed by atoms with Crippen molar-refractivity contribution in [2.45, 2.75) is 13.8 Å². The van der Waals surface area contributed by atoms with Crippen LogP contribution in [-0.4, -0.2) is 48.8 Å². The molecule has 1 amide bonds. The van der Waals surface area contributed by atoms with Crippen LogP contribution < -0.4 is 20.3 Å². The number of rotatable bonds is 7. The Labute approximate surface area is 187 Å². The Bertz CT molecular complexity index is 1070. The van der Waals surface area contributed by atoms with Crippen LogP contribution in [0, 0.1) is 13.8 Å². The van der Waals surface area contributed by atoms with E-state index in [9.17, 15) is 4.79 Å². The molecule has 0 spiro atoms. The van der Waals surface area contributed by atoms with Gasteiger partial charge in [-0.2, -0.15) is 0 Å². The number of benzene rings is 2. The number of amides is 1. The van der Waals surface area contributed by atoms with Gasteiger partial charge in [0, 0.05) is 30.5 Å². The molecule has 0 atom stereocenters. The van der Waals surface area contributed by atoms with E-state index >= 15 is 0 Å². The number of aryl methyl sites for hydroxylation is 2. The van der Waals surface area contributed by atoms with E-state index in [2.05, 4.69) is 25.5 Å². The van der Waals surface area contributed by atoms with Crippen molar-refractivity contribution < 1.29 is 14.3 Å². The standard InChI is InChI=1S/C24H27N5O3/c1-17-4-3-5-21(14-17)32-16-24(30)28-20-8-6-19(7-9-20)27-22-15-23(26-18(2)25-22)29-10-12-31-13-11-29/h3-9,14-15H,10-13,16H2,1-2H3,(H,28,30)(H,25,26,27). The Morgan fingerprint density at radius 1 is 1.03 bits per heavy atom. The summed E-state index contributed by atoms with van der Waals surface area (Å²) in [6.07, 6.45) is 0. The summed E-state index contributed by atoms with van der Waals surface area (Å²) < 4.78 is 11.0. The van der Waals surface area contributed by atoms with E-state index in [1.54, 1.807) is 0 Å². The monoisotopic (exact) mass is 433 g/mol. The number of ether oxygens (including phenoxy) is 2. The summed E-state index contributed by atoms with van der Waals surface area (Å²) in [4.78, 5) is 23.4. The molecule has 0 radical (unpaired) electrons. The van der Waals surface area contributed by atoms with E-state index in [0.717, 1.165) is 36.0 Å². The summed E-state index contributed by atoms with van der Waals surface area (Å²) in [5.41, 5.74) is 2.65. The first-order valence-electron chi connectivity index (χ1n) is 10.6.